The Balaban J connectivity index is 1.60. The third-order valence-corrected chi connectivity index (χ3v) is 8.28. The molecule has 2 aliphatic carbocycles. The maximum atomic E-state index is 11.7. The standard InChI is InChI=1S/C22H36O4/c1-14(23)24-19(2,3)15-7-10-20(4)13-18-22(6,26-18)12-9-17-21(5,25-17)11-8-16(15)20/h15-18H,7-13H2,1-6H3/t15-,16+,17+,18+,20-,21+,22+/m1/s1. The lowest BCUT2D eigenvalue weighted by Gasteiger charge is -2.40. The minimum atomic E-state index is -0.410. The van der Waals surface area contributed by atoms with Gasteiger partial charge in [-0.15, -0.1) is 0 Å². The van der Waals surface area contributed by atoms with Crippen molar-refractivity contribution < 1.29 is 19.0 Å². The summed E-state index contributed by atoms with van der Waals surface area (Å²) >= 11 is 0. The fraction of sp³-hybridized carbons (Fsp3) is 0.955. The molecule has 0 unspecified atom stereocenters. The molecule has 26 heavy (non-hydrogen) atoms. The number of ether oxygens (including phenoxy) is 3. The van der Waals surface area contributed by atoms with E-state index in [0.717, 1.165) is 38.5 Å². The minimum absolute atomic E-state index is 0.0463. The quantitative estimate of drug-likeness (QED) is 0.529. The maximum absolute atomic E-state index is 11.7. The fourth-order valence-corrected chi connectivity index (χ4v) is 6.37. The molecule has 4 nitrogen and oxygen atoms in total. The molecule has 4 heteroatoms. The molecule has 0 aromatic heterocycles. The van der Waals surface area contributed by atoms with E-state index in [-0.39, 0.29) is 22.6 Å². The molecule has 2 saturated heterocycles. The highest BCUT2D eigenvalue weighted by Gasteiger charge is 2.62. The summed E-state index contributed by atoms with van der Waals surface area (Å²) in [7, 11) is 0. The molecule has 0 aromatic rings. The monoisotopic (exact) mass is 364 g/mol. The van der Waals surface area contributed by atoms with Crippen LogP contribution in [0.15, 0.2) is 0 Å². The van der Waals surface area contributed by atoms with E-state index in [9.17, 15) is 4.79 Å². The predicted molar refractivity (Wildman–Crippen MR) is 99.8 cm³/mol. The molecule has 2 aliphatic heterocycles. The summed E-state index contributed by atoms with van der Waals surface area (Å²) in [6, 6.07) is 0. The van der Waals surface area contributed by atoms with E-state index >= 15 is 0 Å². The van der Waals surface area contributed by atoms with Gasteiger partial charge in [0, 0.05) is 12.8 Å². The van der Waals surface area contributed by atoms with Crippen LogP contribution in [0.3, 0.4) is 0 Å². The van der Waals surface area contributed by atoms with Crippen molar-refractivity contribution in [1.29, 1.82) is 0 Å². The molecule has 0 N–H and O–H groups in total. The van der Waals surface area contributed by atoms with E-state index in [2.05, 4.69) is 34.6 Å². The molecule has 0 radical (unpaired) electrons. The van der Waals surface area contributed by atoms with Crippen molar-refractivity contribution in [2.45, 2.75) is 115 Å². The van der Waals surface area contributed by atoms with E-state index in [1.807, 2.05) is 0 Å². The highest BCUT2D eigenvalue weighted by molar-refractivity contribution is 5.66. The van der Waals surface area contributed by atoms with Gasteiger partial charge in [0.1, 0.15) is 5.60 Å². The van der Waals surface area contributed by atoms with Gasteiger partial charge in [-0.1, -0.05) is 6.92 Å². The molecule has 4 rings (SSSR count). The van der Waals surface area contributed by atoms with Gasteiger partial charge in [0.2, 0.25) is 0 Å². The van der Waals surface area contributed by atoms with Gasteiger partial charge in [-0.05, 0) is 84.0 Å². The normalized spacial score (nSPS) is 50.7. The zero-order valence-corrected chi connectivity index (χ0v) is 17.4. The van der Waals surface area contributed by atoms with Gasteiger partial charge in [-0.25, -0.2) is 0 Å². The van der Waals surface area contributed by atoms with Gasteiger partial charge in [-0.2, -0.15) is 0 Å². The molecule has 2 saturated carbocycles. The molecular formula is C22H36O4. The third kappa shape index (κ3) is 3.11. The first kappa shape index (κ1) is 18.7. The van der Waals surface area contributed by atoms with Gasteiger partial charge >= 0.3 is 5.97 Å². The van der Waals surface area contributed by atoms with Gasteiger partial charge in [0.25, 0.3) is 0 Å². The molecule has 0 amide bonds. The molecule has 2 heterocycles. The minimum Gasteiger partial charge on any atom is -0.460 e. The van der Waals surface area contributed by atoms with Crippen molar-refractivity contribution >= 4 is 5.97 Å². The van der Waals surface area contributed by atoms with Gasteiger partial charge in [0.15, 0.2) is 0 Å². The van der Waals surface area contributed by atoms with E-state index in [4.69, 9.17) is 14.2 Å². The number of esters is 1. The van der Waals surface area contributed by atoms with Gasteiger partial charge < -0.3 is 14.2 Å². The lowest BCUT2D eigenvalue weighted by molar-refractivity contribution is -0.161. The molecule has 0 spiro atoms. The van der Waals surface area contributed by atoms with Crippen LogP contribution in [0.5, 0.6) is 0 Å². The predicted octanol–water partition coefficient (Wildman–Crippen LogP) is 4.64. The number of epoxide rings is 2. The van der Waals surface area contributed by atoms with Crippen molar-refractivity contribution in [2.24, 2.45) is 17.3 Å². The third-order valence-electron chi connectivity index (χ3n) is 8.28. The number of rotatable bonds is 2. The van der Waals surface area contributed by atoms with Gasteiger partial charge in [-0.3, -0.25) is 4.79 Å². The molecule has 0 bridgehead atoms. The van der Waals surface area contributed by atoms with Crippen molar-refractivity contribution in [1.82, 2.24) is 0 Å². The highest BCUT2D eigenvalue weighted by atomic mass is 16.6. The molecule has 148 valence electrons. The van der Waals surface area contributed by atoms with Crippen LogP contribution in [0.1, 0.15) is 86.5 Å². The SMILES string of the molecule is CC(=O)OC(C)(C)[C@@H]1CC[C@]2(C)C[C@@H]3O[C@@]3(C)CC[C@@H]3O[C@@]3(C)CC[C@@H]12. The summed E-state index contributed by atoms with van der Waals surface area (Å²) in [5.41, 5.74) is -0.0541. The van der Waals surface area contributed by atoms with Crippen LogP contribution in [0.2, 0.25) is 0 Å². The number of hydrogen-bond donors (Lipinski definition) is 0. The molecule has 4 fully saturated rings. The van der Waals surface area contributed by atoms with Crippen LogP contribution in [0.4, 0.5) is 0 Å². The summed E-state index contributed by atoms with van der Waals surface area (Å²) in [5.74, 6) is 0.781. The Kier molecular flexibility index (Phi) is 4.11. The largest absolute Gasteiger partial charge is 0.460 e. The van der Waals surface area contributed by atoms with Crippen molar-refractivity contribution in [3.05, 3.63) is 0 Å². The Bertz CT molecular complexity index is 601. The first-order chi connectivity index (χ1) is 12.0. The first-order valence-corrected chi connectivity index (χ1v) is 10.5. The number of carbonyl (C=O) groups excluding carboxylic acids is 1. The second-order valence-electron chi connectivity index (χ2n) is 10.7. The van der Waals surface area contributed by atoms with Crippen LogP contribution in [0.25, 0.3) is 0 Å². The molecule has 4 aliphatic rings. The van der Waals surface area contributed by atoms with Gasteiger partial charge in [0.05, 0.1) is 23.4 Å². The van der Waals surface area contributed by atoms with Crippen LogP contribution in [-0.2, 0) is 19.0 Å². The van der Waals surface area contributed by atoms with E-state index in [1.54, 1.807) is 0 Å². The fourth-order valence-electron chi connectivity index (χ4n) is 6.37. The summed E-state index contributed by atoms with van der Waals surface area (Å²) < 4.78 is 18.1. The Morgan fingerprint density at radius 1 is 0.962 bits per heavy atom. The smallest absolute Gasteiger partial charge is 0.303 e. The first-order valence-electron chi connectivity index (χ1n) is 10.5. The zero-order valence-electron chi connectivity index (χ0n) is 17.4. The Labute approximate surface area is 158 Å². The number of fused-ring (bicyclic) bond motifs is 3. The Morgan fingerprint density at radius 3 is 2.27 bits per heavy atom. The number of hydrogen-bond acceptors (Lipinski definition) is 4. The topological polar surface area (TPSA) is 51.4 Å². The summed E-state index contributed by atoms with van der Waals surface area (Å²) in [4.78, 5) is 11.7. The summed E-state index contributed by atoms with van der Waals surface area (Å²) in [6.07, 6.45) is 8.76. The lowest BCUT2D eigenvalue weighted by atomic mass is 9.67. The van der Waals surface area contributed by atoms with Crippen LogP contribution in [-0.4, -0.2) is 35.0 Å². The van der Waals surface area contributed by atoms with Crippen LogP contribution < -0.4 is 0 Å². The average molecular weight is 365 g/mol. The van der Waals surface area contributed by atoms with Crippen LogP contribution in [0, 0.1) is 17.3 Å². The molecular weight excluding hydrogens is 328 g/mol. The average Bonchev–Trinajstić information content (AvgIpc) is 3.29. The zero-order chi connectivity index (χ0) is 19.0. The van der Waals surface area contributed by atoms with Crippen molar-refractivity contribution in [3.8, 4) is 0 Å². The van der Waals surface area contributed by atoms with Crippen molar-refractivity contribution in [3.63, 3.8) is 0 Å². The summed E-state index contributed by atoms with van der Waals surface area (Å²) in [5, 5.41) is 0. The molecule has 7 atom stereocenters. The summed E-state index contributed by atoms with van der Waals surface area (Å²) in [6.45, 7) is 12.7. The highest BCUT2D eigenvalue weighted by Crippen LogP contribution is 2.61. The Morgan fingerprint density at radius 2 is 1.58 bits per heavy atom. The van der Waals surface area contributed by atoms with Crippen molar-refractivity contribution in [2.75, 3.05) is 0 Å². The van der Waals surface area contributed by atoms with Crippen LogP contribution >= 0.6 is 0 Å². The van der Waals surface area contributed by atoms with E-state index in [1.165, 1.54) is 13.3 Å². The molecule has 0 aromatic carbocycles. The maximum Gasteiger partial charge on any atom is 0.303 e. The number of carbonyl (C=O) groups is 1. The second-order valence-corrected chi connectivity index (χ2v) is 10.7. The Hall–Kier alpha value is -0.610. The van der Waals surface area contributed by atoms with E-state index in [0.29, 0.717) is 24.0 Å². The second kappa shape index (κ2) is 5.70. The van der Waals surface area contributed by atoms with E-state index < -0.39 is 5.60 Å². The lowest BCUT2D eigenvalue weighted by Crippen LogP contribution is -2.41.